The van der Waals surface area contributed by atoms with Gasteiger partial charge >= 0.3 is 24.4 Å². The van der Waals surface area contributed by atoms with Crippen LogP contribution < -0.4 is 10.6 Å². The number of alkyl carbamates (subject to hydrolysis) is 2. The molecule has 12 nitrogen and oxygen atoms in total. The van der Waals surface area contributed by atoms with Crippen LogP contribution in [0.3, 0.4) is 0 Å². The van der Waals surface area contributed by atoms with E-state index in [1.807, 2.05) is 60.7 Å². The summed E-state index contributed by atoms with van der Waals surface area (Å²) in [6.45, 7) is 11.1. The Morgan fingerprint density at radius 1 is 0.640 bits per heavy atom. The molecule has 0 aliphatic carbocycles. The van der Waals surface area contributed by atoms with Gasteiger partial charge < -0.3 is 39.4 Å². The summed E-state index contributed by atoms with van der Waals surface area (Å²) in [6.07, 6.45) is -4.54. The Labute approximate surface area is 292 Å². The van der Waals surface area contributed by atoms with Crippen molar-refractivity contribution < 1.29 is 46.9 Å². The summed E-state index contributed by atoms with van der Waals surface area (Å²) >= 11 is 0. The third-order valence-electron chi connectivity index (χ3n) is 7.41. The molecule has 4 rings (SSSR count). The van der Waals surface area contributed by atoms with Crippen LogP contribution in [0.4, 0.5) is 28.0 Å². The second kappa shape index (κ2) is 18.4. The molecule has 276 valence electrons. The highest BCUT2D eigenvalue weighted by molar-refractivity contribution is 5.70. The molecular formula is C36H50F2N4O8. The lowest BCUT2D eigenvalue weighted by molar-refractivity contribution is 0.0352. The first-order valence-electron chi connectivity index (χ1n) is 16.7. The molecule has 50 heavy (non-hydrogen) atoms. The maximum Gasteiger partial charge on any atom is 0.410 e. The molecule has 2 fully saturated rings. The van der Waals surface area contributed by atoms with Crippen LogP contribution >= 0.6 is 0 Å². The Bertz CT molecular complexity index is 1280. The van der Waals surface area contributed by atoms with Gasteiger partial charge in [-0.3, -0.25) is 0 Å². The number of piperidine rings is 2. The van der Waals surface area contributed by atoms with Gasteiger partial charge in [0.2, 0.25) is 0 Å². The van der Waals surface area contributed by atoms with E-state index in [0.29, 0.717) is 25.9 Å². The van der Waals surface area contributed by atoms with Crippen molar-refractivity contribution in [3.63, 3.8) is 0 Å². The number of likely N-dealkylation sites (tertiary alicyclic amines) is 2. The summed E-state index contributed by atoms with van der Waals surface area (Å²) in [5.74, 6) is 0. The van der Waals surface area contributed by atoms with Crippen molar-refractivity contribution in [2.45, 2.75) is 103 Å². The second-order valence-corrected chi connectivity index (χ2v) is 14.1. The molecule has 4 amide bonds. The summed E-state index contributed by atoms with van der Waals surface area (Å²) in [5.41, 5.74) is 0.457. The molecule has 0 unspecified atom stereocenters. The van der Waals surface area contributed by atoms with Gasteiger partial charge in [-0.25, -0.2) is 28.0 Å². The lowest BCUT2D eigenvalue weighted by Crippen LogP contribution is -2.54. The minimum Gasteiger partial charge on any atom is -0.445 e. The first kappa shape index (κ1) is 39.8. The molecule has 14 heteroatoms. The summed E-state index contributed by atoms with van der Waals surface area (Å²) < 4.78 is 49.3. The van der Waals surface area contributed by atoms with Crippen LogP contribution in [0, 0.1) is 0 Å². The van der Waals surface area contributed by atoms with Gasteiger partial charge in [0.15, 0.2) is 0 Å². The second-order valence-electron chi connectivity index (χ2n) is 14.1. The van der Waals surface area contributed by atoms with Crippen molar-refractivity contribution >= 4 is 24.4 Å². The van der Waals surface area contributed by atoms with Gasteiger partial charge in [0.1, 0.15) is 36.8 Å². The van der Waals surface area contributed by atoms with Crippen molar-refractivity contribution in [1.82, 2.24) is 20.4 Å². The van der Waals surface area contributed by atoms with Crippen LogP contribution in [0.25, 0.3) is 0 Å². The number of nitrogens with one attached hydrogen (secondary N) is 2. The number of alkyl halides is 2. The van der Waals surface area contributed by atoms with E-state index in [4.69, 9.17) is 18.9 Å². The molecule has 2 heterocycles. The minimum absolute atomic E-state index is 0.117. The van der Waals surface area contributed by atoms with Crippen LogP contribution in [-0.2, 0) is 32.2 Å². The standard InChI is InChI=1S/2C18H25FN2O4/c2*1-18(2,3)25-16(22)20-15-9-10-21(11-14(15)19)17(23)24-12-13-7-5-4-6-8-13/h2*4-8,14-15H,9-12H2,1-3H3,(H,20,22)/t2*14-,15-/m10/s1. The molecule has 0 saturated carbocycles. The van der Waals surface area contributed by atoms with Gasteiger partial charge in [-0.05, 0) is 65.5 Å². The van der Waals surface area contributed by atoms with Crippen molar-refractivity contribution in [2.24, 2.45) is 0 Å². The first-order chi connectivity index (χ1) is 23.5. The third-order valence-corrected chi connectivity index (χ3v) is 7.41. The first-order valence-corrected chi connectivity index (χ1v) is 16.7. The number of nitrogens with zero attached hydrogens (tertiary/aromatic N) is 2. The fourth-order valence-corrected chi connectivity index (χ4v) is 5.01. The summed E-state index contributed by atoms with van der Waals surface area (Å²) in [5, 5.41) is 5.06. The van der Waals surface area contributed by atoms with Crippen molar-refractivity contribution in [1.29, 1.82) is 0 Å². The molecule has 2 N–H and O–H groups in total. The zero-order valence-electron chi connectivity index (χ0n) is 29.7. The molecule has 2 saturated heterocycles. The number of rotatable bonds is 6. The molecule has 2 aromatic carbocycles. The fourth-order valence-electron chi connectivity index (χ4n) is 5.01. The summed E-state index contributed by atoms with van der Waals surface area (Å²) in [6, 6.07) is 17.2. The molecule has 2 aliphatic heterocycles. The largest absolute Gasteiger partial charge is 0.445 e. The fraction of sp³-hybridized carbons (Fsp3) is 0.556. The lowest BCUT2D eigenvalue weighted by Gasteiger charge is -2.34. The Morgan fingerprint density at radius 2 is 0.980 bits per heavy atom. The van der Waals surface area contributed by atoms with Gasteiger partial charge in [-0.2, -0.15) is 0 Å². The third kappa shape index (κ3) is 14.5. The predicted molar refractivity (Wildman–Crippen MR) is 182 cm³/mol. The summed E-state index contributed by atoms with van der Waals surface area (Å²) in [7, 11) is 0. The van der Waals surface area contributed by atoms with Crippen LogP contribution in [0.2, 0.25) is 0 Å². The van der Waals surface area contributed by atoms with E-state index in [1.165, 1.54) is 9.80 Å². The zero-order chi connectivity index (χ0) is 36.9. The highest BCUT2D eigenvalue weighted by Crippen LogP contribution is 2.19. The van der Waals surface area contributed by atoms with E-state index < -0.39 is 60.0 Å². The Hall–Kier alpha value is -4.62. The van der Waals surface area contributed by atoms with Crippen molar-refractivity contribution in [3.8, 4) is 0 Å². The van der Waals surface area contributed by atoms with Crippen LogP contribution in [0.15, 0.2) is 60.7 Å². The quantitative estimate of drug-likeness (QED) is 0.325. The number of carbonyl (C=O) groups excluding carboxylic acids is 4. The molecule has 2 aliphatic rings. The van der Waals surface area contributed by atoms with E-state index in [-0.39, 0.29) is 26.3 Å². The average Bonchev–Trinajstić information content (AvgIpc) is 3.04. The molecule has 0 aromatic heterocycles. The highest BCUT2D eigenvalue weighted by Gasteiger charge is 2.35. The van der Waals surface area contributed by atoms with E-state index in [9.17, 15) is 28.0 Å². The molecule has 0 bridgehead atoms. The van der Waals surface area contributed by atoms with Gasteiger partial charge in [0.05, 0.1) is 25.2 Å². The lowest BCUT2D eigenvalue weighted by atomic mass is 10.0. The maximum absolute atomic E-state index is 14.3. The van der Waals surface area contributed by atoms with E-state index >= 15 is 0 Å². The van der Waals surface area contributed by atoms with E-state index in [1.54, 1.807) is 41.5 Å². The van der Waals surface area contributed by atoms with Crippen LogP contribution in [0.1, 0.15) is 65.5 Å². The average molecular weight is 705 g/mol. The van der Waals surface area contributed by atoms with Crippen LogP contribution in [-0.4, -0.2) is 96.0 Å². The van der Waals surface area contributed by atoms with Gasteiger partial charge in [0, 0.05) is 13.1 Å². The van der Waals surface area contributed by atoms with Gasteiger partial charge in [0.25, 0.3) is 0 Å². The molecular weight excluding hydrogens is 654 g/mol. The topological polar surface area (TPSA) is 136 Å². The maximum atomic E-state index is 14.3. The number of halogens is 2. The Kier molecular flexibility index (Phi) is 14.6. The zero-order valence-corrected chi connectivity index (χ0v) is 29.7. The number of benzene rings is 2. The number of hydrogen-bond donors (Lipinski definition) is 2. The molecule has 0 radical (unpaired) electrons. The van der Waals surface area contributed by atoms with E-state index in [0.717, 1.165) is 11.1 Å². The SMILES string of the molecule is CC(C)(C)OC(=O)N[C@@H]1CCN(C(=O)OCc2ccccc2)C[C@H]1F.CC(C)(C)OC(=O)N[C@H]1CCN(C(=O)OCc2ccccc2)C[C@@H]1F. The minimum atomic E-state index is -1.37. The summed E-state index contributed by atoms with van der Waals surface area (Å²) in [4.78, 5) is 50.2. The van der Waals surface area contributed by atoms with E-state index in [2.05, 4.69) is 10.6 Å². The predicted octanol–water partition coefficient (Wildman–Crippen LogP) is 6.52. The molecule has 2 aromatic rings. The van der Waals surface area contributed by atoms with Crippen LogP contribution in [0.5, 0.6) is 0 Å². The molecule has 4 atom stereocenters. The highest BCUT2D eigenvalue weighted by atomic mass is 19.1. The van der Waals surface area contributed by atoms with Gasteiger partial charge in [-0.1, -0.05) is 60.7 Å². The smallest absolute Gasteiger partial charge is 0.410 e. The van der Waals surface area contributed by atoms with Crippen molar-refractivity contribution in [2.75, 3.05) is 26.2 Å². The number of carbonyl (C=O) groups is 4. The molecule has 0 spiro atoms. The normalized spacial score (nSPS) is 20.7. The Morgan fingerprint density at radius 3 is 1.28 bits per heavy atom. The van der Waals surface area contributed by atoms with Gasteiger partial charge in [-0.15, -0.1) is 0 Å². The number of ether oxygens (including phenoxy) is 4. The Balaban J connectivity index is 0.000000270. The van der Waals surface area contributed by atoms with Crippen molar-refractivity contribution in [3.05, 3.63) is 71.8 Å². The monoisotopic (exact) mass is 704 g/mol. The number of amides is 4. The number of hydrogen-bond acceptors (Lipinski definition) is 8.